The van der Waals surface area contributed by atoms with Crippen molar-refractivity contribution in [3.63, 3.8) is 0 Å². The van der Waals surface area contributed by atoms with Gasteiger partial charge >= 0.3 is 0 Å². The highest BCUT2D eigenvalue weighted by Gasteiger charge is 2.10. The summed E-state index contributed by atoms with van der Waals surface area (Å²) >= 11 is 0. The SMILES string of the molecule is CC(C)n1cc(-c2cnc(N)c(OCc3cccc(C#CC(C)(C)O)c3)c2)cn1. The van der Waals surface area contributed by atoms with Crippen molar-refractivity contribution in [1.82, 2.24) is 14.8 Å². The molecule has 0 bridgehead atoms. The number of nitrogens with zero attached hydrogens (tertiary/aromatic N) is 3. The molecule has 6 nitrogen and oxygen atoms in total. The molecule has 0 unspecified atom stereocenters. The van der Waals surface area contributed by atoms with E-state index >= 15 is 0 Å². The lowest BCUT2D eigenvalue weighted by Gasteiger charge is -2.10. The van der Waals surface area contributed by atoms with Crippen LogP contribution >= 0.6 is 0 Å². The fourth-order valence-corrected chi connectivity index (χ4v) is 2.62. The summed E-state index contributed by atoms with van der Waals surface area (Å²) in [5.41, 5.74) is 8.59. The number of benzene rings is 1. The van der Waals surface area contributed by atoms with E-state index in [0.29, 0.717) is 18.2 Å². The van der Waals surface area contributed by atoms with E-state index in [4.69, 9.17) is 10.5 Å². The van der Waals surface area contributed by atoms with Gasteiger partial charge in [-0.25, -0.2) is 4.98 Å². The van der Waals surface area contributed by atoms with Crippen molar-refractivity contribution >= 4 is 5.82 Å². The van der Waals surface area contributed by atoms with Gasteiger partial charge in [-0.1, -0.05) is 24.0 Å². The molecule has 0 fully saturated rings. The van der Waals surface area contributed by atoms with Gasteiger partial charge in [0.25, 0.3) is 0 Å². The van der Waals surface area contributed by atoms with E-state index < -0.39 is 5.60 Å². The Bertz CT molecular complexity index is 1050. The maximum atomic E-state index is 9.76. The molecule has 0 aliphatic rings. The fourth-order valence-electron chi connectivity index (χ4n) is 2.62. The standard InChI is InChI=1S/C23H26N4O2/c1-16(2)27-14-20(13-26-27)19-11-21(22(24)25-12-19)29-15-18-7-5-6-17(10-18)8-9-23(3,4)28/h5-7,10-14,16,28H,15H2,1-4H3,(H2,24,25). The Kier molecular flexibility index (Phi) is 5.90. The van der Waals surface area contributed by atoms with Crippen LogP contribution in [-0.4, -0.2) is 25.5 Å². The Balaban J connectivity index is 1.76. The van der Waals surface area contributed by atoms with Gasteiger partial charge in [-0.3, -0.25) is 4.68 Å². The zero-order chi connectivity index (χ0) is 21.0. The summed E-state index contributed by atoms with van der Waals surface area (Å²) in [4.78, 5) is 4.26. The molecule has 1 aromatic carbocycles. The summed E-state index contributed by atoms with van der Waals surface area (Å²) in [6.07, 6.45) is 5.50. The molecule has 0 amide bonds. The number of pyridine rings is 1. The van der Waals surface area contributed by atoms with Crippen molar-refractivity contribution in [1.29, 1.82) is 0 Å². The summed E-state index contributed by atoms with van der Waals surface area (Å²) < 4.78 is 7.82. The summed E-state index contributed by atoms with van der Waals surface area (Å²) in [6.45, 7) is 7.79. The van der Waals surface area contributed by atoms with Crippen LogP contribution in [0.1, 0.15) is 44.9 Å². The fraction of sp³-hybridized carbons (Fsp3) is 0.304. The van der Waals surface area contributed by atoms with Crippen molar-refractivity contribution in [2.45, 2.75) is 45.9 Å². The molecule has 0 saturated heterocycles. The first-order valence-corrected chi connectivity index (χ1v) is 9.48. The molecule has 0 spiro atoms. The van der Waals surface area contributed by atoms with Crippen LogP contribution in [-0.2, 0) is 6.61 Å². The van der Waals surface area contributed by atoms with Crippen molar-refractivity contribution in [3.8, 4) is 28.7 Å². The predicted octanol–water partition coefficient (Wildman–Crippen LogP) is 3.81. The highest BCUT2D eigenvalue weighted by molar-refractivity contribution is 5.65. The van der Waals surface area contributed by atoms with Crippen LogP contribution < -0.4 is 10.5 Å². The van der Waals surface area contributed by atoms with Crippen molar-refractivity contribution in [2.75, 3.05) is 5.73 Å². The number of rotatable bonds is 5. The molecule has 0 atom stereocenters. The monoisotopic (exact) mass is 390 g/mol. The molecule has 0 aliphatic heterocycles. The summed E-state index contributed by atoms with van der Waals surface area (Å²) in [5, 5.41) is 14.1. The molecular weight excluding hydrogens is 364 g/mol. The zero-order valence-corrected chi connectivity index (χ0v) is 17.2. The van der Waals surface area contributed by atoms with Gasteiger partial charge in [0, 0.05) is 35.1 Å². The molecule has 3 N–H and O–H groups in total. The van der Waals surface area contributed by atoms with E-state index in [2.05, 4.69) is 35.8 Å². The van der Waals surface area contributed by atoms with Gasteiger partial charge in [-0.2, -0.15) is 5.10 Å². The van der Waals surface area contributed by atoms with E-state index in [1.807, 2.05) is 47.4 Å². The van der Waals surface area contributed by atoms with Crippen molar-refractivity contribution in [3.05, 3.63) is 60.0 Å². The van der Waals surface area contributed by atoms with E-state index in [1.165, 1.54) is 0 Å². The summed E-state index contributed by atoms with van der Waals surface area (Å²) in [5.74, 6) is 6.64. The van der Waals surface area contributed by atoms with E-state index in [9.17, 15) is 5.11 Å². The van der Waals surface area contributed by atoms with Crippen LogP contribution in [0.2, 0.25) is 0 Å². The number of aliphatic hydroxyl groups is 1. The second-order valence-electron chi connectivity index (χ2n) is 7.71. The quantitative estimate of drug-likeness (QED) is 0.647. The normalized spacial score (nSPS) is 11.2. The Labute approximate surface area is 171 Å². The minimum atomic E-state index is -1.03. The Morgan fingerprint density at radius 1 is 1.21 bits per heavy atom. The smallest absolute Gasteiger partial charge is 0.166 e. The Morgan fingerprint density at radius 2 is 2.00 bits per heavy atom. The number of nitrogen functional groups attached to an aromatic ring is 1. The molecule has 2 heterocycles. The second-order valence-corrected chi connectivity index (χ2v) is 7.71. The number of ether oxygens (including phenoxy) is 1. The lowest BCUT2D eigenvalue weighted by Crippen LogP contribution is -2.14. The third-order valence-electron chi connectivity index (χ3n) is 4.18. The van der Waals surface area contributed by atoms with Gasteiger partial charge in [-0.05, 0) is 51.5 Å². The third-order valence-corrected chi connectivity index (χ3v) is 4.18. The van der Waals surface area contributed by atoms with E-state index in [1.54, 1.807) is 20.0 Å². The lowest BCUT2D eigenvalue weighted by atomic mass is 10.1. The second kappa shape index (κ2) is 8.38. The van der Waals surface area contributed by atoms with Crippen molar-refractivity contribution < 1.29 is 9.84 Å². The molecule has 3 rings (SSSR count). The van der Waals surface area contributed by atoms with Gasteiger partial charge < -0.3 is 15.6 Å². The van der Waals surface area contributed by atoms with E-state index in [0.717, 1.165) is 22.3 Å². The Hall–Kier alpha value is -3.30. The van der Waals surface area contributed by atoms with Crippen LogP contribution in [0.5, 0.6) is 5.75 Å². The average Bonchev–Trinajstić information content (AvgIpc) is 3.16. The number of nitrogens with two attached hydrogens (primary N) is 1. The first-order chi connectivity index (χ1) is 13.7. The summed E-state index contributed by atoms with van der Waals surface area (Å²) in [7, 11) is 0. The van der Waals surface area contributed by atoms with Crippen LogP contribution in [0.25, 0.3) is 11.1 Å². The minimum absolute atomic E-state index is 0.285. The number of anilines is 1. The molecule has 0 radical (unpaired) electrons. The van der Waals surface area contributed by atoms with Crippen LogP contribution in [0.3, 0.4) is 0 Å². The summed E-state index contributed by atoms with van der Waals surface area (Å²) in [6, 6.07) is 9.85. The van der Waals surface area contributed by atoms with Gasteiger partial charge in [-0.15, -0.1) is 0 Å². The van der Waals surface area contributed by atoms with Crippen molar-refractivity contribution in [2.24, 2.45) is 0 Å². The average molecular weight is 390 g/mol. The number of hydrogen-bond acceptors (Lipinski definition) is 5. The van der Waals surface area contributed by atoms with Crippen LogP contribution in [0.15, 0.2) is 48.9 Å². The lowest BCUT2D eigenvalue weighted by molar-refractivity contribution is 0.143. The largest absolute Gasteiger partial charge is 0.485 e. The van der Waals surface area contributed by atoms with Gasteiger partial charge in [0.1, 0.15) is 12.2 Å². The highest BCUT2D eigenvalue weighted by atomic mass is 16.5. The predicted molar refractivity (Wildman–Crippen MR) is 114 cm³/mol. The molecule has 2 aromatic heterocycles. The topological polar surface area (TPSA) is 86.2 Å². The van der Waals surface area contributed by atoms with Crippen LogP contribution in [0.4, 0.5) is 5.82 Å². The highest BCUT2D eigenvalue weighted by Crippen LogP contribution is 2.28. The van der Waals surface area contributed by atoms with Gasteiger partial charge in [0.2, 0.25) is 0 Å². The first-order valence-electron chi connectivity index (χ1n) is 9.48. The third kappa shape index (κ3) is 5.59. The van der Waals surface area contributed by atoms with E-state index in [-0.39, 0.29) is 6.04 Å². The Morgan fingerprint density at radius 3 is 2.69 bits per heavy atom. The minimum Gasteiger partial charge on any atom is -0.485 e. The zero-order valence-electron chi connectivity index (χ0n) is 17.2. The number of aromatic nitrogens is 3. The molecule has 150 valence electrons. The molecule has 0 aliphatic carbocycles. The van der Waals surface area contributed by atoms with Gasteiger partial charge in [0.15, 0.2) is 11.6 Å². The van der Waals surface area contributed by atoms with Gasteiger partial charge in [0.05, 0.1) is 6.20 Å². The molecule has 6 heteroatoms. The maximum absolute atomic E-state index is 9.76. The molecule has 0 saturated carbocycles. The molecule has 3 aromatic rings. The molecule has 29 heavy (non-hydrogen) atoms. The number of hydrogen-bond donors (Lipinski definition) is 2. The first kappa shape index (κ1) is 20.4. The molecular formula is C23H26N4O2. The maximum Gasteiger partial charge on any atom is 0.166 e. The van der Waals surface area contributed by atoms with Crippen LogP contribution in [0, 0.1) is 11.8 Å².